The molecule has 5 heteroatoms. The fourth-order valence-electron chi connectivity index (χ4n) is 2.46. The van der Waals surface area contributed by atoms with Crippen molar-refractivity contribution in [1.82, 2.24) is 10.3 Å². The van der Waals surface area contributed by atoms with E-state index in [0.717, 1.165) is 18.4 Å². The molecule has 5 nitrogen and oxygen atoms in total. The second-order valence-electron chi connectivity index (χ2n) is 5.73. The van der Waals surface area contributed by atoms with Gasteiger partial charge >= 0.3 is 0 Å². The lowest BCUT2D eigenvalue weighted by Crippen LogP contribution is -2.31. The highest BCUT2D eigenvalue weighted by Gasteiger charge is 2.33. The molecule has 0 saturated heterocycles. The van der Waals surface area contributed by atoms with Crippen molar-refractivity contribution in [2.75, 3.05) is 11.9 Å². The van der Waals surface area contributed by atoms with Crippen molar-refractivity contribution in [1.29, 1.82) is 0 Å². The van der Waals surface area contributed by atoms with Crippen LogP contribution in [0.2, 0.25) is 0 Å². The van der Waals surface area contributed by atoms with Gasteiger partial charge in [-0.1, -0.05) is 12.1 Å². The lowest BCUT2D eigenvalue weighted by molar-refractivity contribution is -0.119. The number of hydrogen-bond acceptors (Lipinski definition) is 3. The van der Waals surface area contributed by atoms with E-state index in [1.54, 1.807) is 36.5 Å². The third-order valence-corrected chi connectivity index (χ3v) is 3.97. The maximum Gasteiger partial charge on any atom is 0.253 e. The third-order valence-electron chi connectivity index (χ3n) is 3.97. The van der Waals surface area contributed by atoms with E-state index < -0.39 is 0 Å². The summed E-state index contributed by atoms with van der Waals surface area (Å²) in [6, 6.07) is 10.9. The average Bonchev–Trinajstić information content (AvgIpc) is 3.44. The van der Waals surface area contributed by atoms with Gasteiger partial charge in [0.2, 0.25) is 5.91 Å². The van der Waals surface area contributed by atoms with Crippen molar-refractivity contribution in [2.45, 2.75) is 19.4 Å². The van der Waals surface area contributed by atoms with Gasteiger partial charge < -0.3 is 10.2 Å². The first-order chi connectivity index (χ1) is 11.2. The van der Waals surface area contributed by atoms with E-state index in [0.29, 0.717) is 17.8 Å². The normalized spacial score (nSPS) is 13.4. The molecule has 2 aromatic rings. The number of nitrogens with zero attached hydrogens (tertiary/aromatic N) is 2. The predicted molar refractivity (Wildman–Crippen MR) is 88.0 cm³/mol. The van der Waals surface area contributed by atoms with Crippen LogP contribution in [0.15, 0.2) is 48.8 Å². The molecule has 2 amide bonds. The first-order valence-corrected chi connectivity index (χ1v) is 7.70. The van der Waals surface area contributed by atoms with Gasteiger partial charge in [-0.15, -0.1) is 0 Å². The third kappa shape index (κ3) is 3.56. The molecule has 1 fully saturated rings. The molecule has 0 aliphatic heterocycles. The predicted octanol–water partition coefficient (Wildman–Crippen LogP) is 2.38. The summed E-state index contributed by atoms with van der Waals surface area (Å²) >= 11 is 0. The number of rotatable bonds is 5. The van der Waals surface area contributed by atoms with Crippen LogP contribution in [0.1, 0.15) is 28.8 Å². The van der Waals surface area contributed by atoms with E-state index in [2.05, 4.69) is 10.3 Å². The Morgan fingerprint density at radius 3 is 2.57 bits per heavy atom. The van der Waals surface area contributed by atoms with Crippen LogP contribution >= 0.6 is 0 Å². The highest BCUT2D eigenvalue weighted by atomic mass is 16.2. The molecule has 1 N–H and O–H groups in total. The Bertz CT molecular complexity index is 711. The van der Waals surface area contributed by atoms with Crippen LogP contribution in [0.4, 0.5) is 5.69 Å². The van der Waals surface area contributed by atoms with Gasteiger partial charge in [0.15, 0.2) is 0 Å². The summed E-state index contributed by atoms with van der Waals surface area (Å²) in [5, 5.41) is 2.89. The van der Waals surface area contributed by atoms with Crippen LogP contribution in [0.3, 0.4) is 0 Å². The van der Waals surface area contributed by atoms with E-state index in [1.807, 2.05) is 24.3 Å². The zero-order chi connectivity index (χ0) is 16.2. The lowest BCUT2D eigenvalue weighted by atomic mass is 10.1. The number of carbonyl (C=O) groups excluding carboxylic acids is 2. The Balaban J connectivity index is 1.74. The van der Waals surface area contributed by atoms with Crippen molar-refractivity contribution in [3.8, 4) is 0 Å². The number of hydrogen-bond donors (Lipinski definition) is 1. The summed E-state index contributed by atoms with van der Waals surface area (Å²) in [5.41, 5.74) is 2.14. The van der Waals surface area contributed by atoms with Crippen molar-refractivity contribution in [3.63, 3.8) is 0 Å². The van der Waals surface area contributed by atoms with Crippen LogP contribution in [0.5, 0.6) is 0 Å². The fourth-order valence-corrected chi connectivity index (χ4v) is 2.46. The first-order valence-electron chi connectivity index (χ1n) is 7.70. The molecule has 1 aromatic carbocycles. The first kappa shape index (κ1) is 15.2. The van der Waals surface area contributed by atoms with E-state index in [1.165, 1.54) is 0 Å². The monoisotopic (exact) mass is 309 g/mol. The van der Waals surface area contributed by atoms with Gasteiger partial charge in [0, 0.05) is 31.9 Å². The molecule has 0 radical (unpaired) electrons. The van der Waals surface area contributed by atoms with E-state index in [4.69, 9.17) is 0 Å². The van der Waals surface area contributed by atoms with Crippen LogP contribution in [-0.4, -0.2) is 23.8 Å². The lowest BCUT2D eigenvalue weighted by Gasteiger charge is -2.20. The molecule has 1 aliphatic carbocycles. The number of carbonyl (C=O) groups is 2. The molecule has 0 bridgehead atoms. The minimum Gasteiger partial charge on any atom is -0.348 e. The summed E-state index contributed by atoms with van der Waals surface area (Å²) in [6.45, 7) is 0.427. The van der Waals surface area contributed by atoms with Crippen molar-refractivity contribution in [3.05, 3.63) is 59.9 Å². The van der Waals surface area contributed by atoms with Gasteiger partial charge in [0.25, 0.3) is 5.91 Å². The molecule has 0 unspecified atom stereocenters. The Kier molecular flexibility index (Phi) is 4.37. The van der Waals surface area contributed by atoms with Crippen molar-refractivity contribution < 1.29 is 9.59 Å². The summed E-state index contributed by atoms with van der Waals surface area (Å²) in [4.78, 5) is 30.3. The smallest absolute Gasteiger partial charge is 0.253 e. The Labute approximate surface area is 135 Å². The number of benzene rings is 1. The van der Waals surface area contributed by atoms with Crippen LogP contribution < -0.4 is 10.2 Å². The number of pyridine rings is 1. The van der Waals surface area contributed by atoms with Gasteiger partial charge in [0.05, 0.1) is 11.3 Å². The SMILES string of the molecule is CN(C(=O)C1CC1)c1ccccc1C(=O)NCc1ccncc1. The van der Waals surface area contributed by atoms with E-state index >= 15 is 0 Å². The average molecular weight is 309 g/mol. The van der Waals surface area contributed by atoms with Gasteiger partial charge in [-0.2, -0.15) is 0 Å². The molecular formula is C18H19N3O2. The van der Waals surface area contributed by atoms with Crippen molar-refractivity contribution >= 4 is 17.5 Å². The molecule has 0 atom stereocenters. The Morgan fingerprint density at radius 2 is 1.87 bits per heavy atom. The summed E-state index contributed by atoms with van der Waals surface area (Å²) in [7, 11) is 1.73. The summed E-state index contributed by atoms with van der Waals surface area (Å²) < 4.78 is 0. The second kappa shape index (κ2) is 6.60. The number of para-hydroxylation sites is 1. The maximum atomic E-state index is 12.5. The minimum absolute atomic E-state index is 0.0828. The van der Waals surface area contributed by atoms with Gasteiger partial charge in [-0.3, -0.25) is 14.6 Å². The maximum absolute atomic E-state index is 12.5. The zero-order valence-corrected chi connectivity index (χ0v) is 13.0. The second-order valence-corrected chi connectivity index (χ2v) is 5.73. The Hall–Kier alpha value is -2.69. The van der Waals surface area contributed by atoms with Crippen LogP contribution in [-0.2, 0) is 11.3 Å². The summed E-state index contributed by atoms with van der Waals surface area (Å²) in [6.07, 6.45) is 5.27. The highest BCUT2D eigenvalue weighted by Crippen LogP contribution is 2.33. The van der Waals surface area contributed by atoms with Crippen LogP contribution in [0, 0.1) is 5.92 Å². The highest BCUT2D eigenvalue weighted by molar-refractivity contribution is 6.05. The molecule has 1 saturated carbocycles. The quantitative estimate of drug-likeness (QED) is 0.922. The molecule has 3 rings (SSSR count). The molecule has 1 aliphatic rings. The summed E-state index contributed by atoms with van der Waals surface area (Å²) in [5.74, 6) is 0.0141. The standard InChI is InChI=1S/C18H19N3O2/c1-21(18(23)14-6-7-14)16-5-3-2-4-15(16)17(22)20-12-13-8-10-19-11-9-13/h2-5,8-11,14H,6-7,12H2,1H3,(H,20,22). The Morgan fingerprint density at radius 1 is 1.17 bits per heavy atom. The molecule has 118 valence electrons. The molecule has 1 heterocycles. The van der Waals surface area contributed by atoms with Gasteiger partial charge in [-0.05, 0) is 42.7 Å². The molecule has 23 heavy (non-hydrogen) atoms. The minimum atomic E-state index is -0.187. The van der Waals surface area contributed by atoms with E-state index in [9.17, 15) is 9.59 Å². The largest absolute Gasteiger partial charge is 0.348 e. The topological polar surface area (TPSA) is 62.3 Å². The molecule has 1 aromatic heterocycles. The van der Waals surface area contributed by atoms with Crippen LogP contribution in [0.25, 0.3) is 0 Å². The van der Waals surface area contributed by atoms with Gasteiger partial charge in [0.1, 0.15) is 0 Å². The molecular weight excluding hydrogens is 290 g/mol. The number of aromatic nitrogens is 1. The zero-order valence-electron chi connectivity index (χ0n) is 13.0. The fraction of sp³-hybridized carbons (Fsp3) is 0.278. The number of anilines is 1. The van der Waals surface area contributed by atoms with Crippen molar-refractivity contribution in [2.24, 2.45) is 5.92 Å². The number of nitrogens with one attached hydrogen (secondary N) is 1. The number of amides is 2. The molecule has 0 spiro atoms. The van der Waals surface area contributed by atoms with Gasteiger partial charge in [-0.25, -0.2) is 0 Å². The van der Waals surface area contributed by atoms with E-state index in [-0.39, 0.29) is 17.7 Å².